The van der Waals surface area contributed by atoms with Gasteiger partial charge in [-0.1, -0.05) is 29.8 Å². The minimum Gasteiger partial charge on any atom is -0.271 e. The number of pyridine rings is 2. The maximum Gasteiger partial charge on any atom is 0.0887 e. The molecule has 2 aromatic heterocycles. The van der Waals surface area contributed by atoms with Crippen LogP contribution in [0.4, 0.5) is 0 Å². The van der Waals surface area contributed by atoms with Crippen LogP contribution in [0.2, 0.25) is 5.02 Å². The minimum absolute atomic E-state index is 0.196. The number of benzene rings is 1. The van der Waals surface area contributed by atoms with Crippen molar-refractivity contribution in [2.45, 2.75) is 6.04 Å². The number of nitrogens with one attached hydrogen (secondary N) is 1. The van der Waals surface area contributed by atoms with E-state index in [2.05, 4.69) is 15.4 Å². The molecular formula is C15H13ClN4. The van der Waals surface area contributed by atoms with Gasteiger partial charge in [-0.25, -0.2) is 5.43 Å². The van der Waals surface area contributed by atoms with E-state index in [0.717, 1.165) is 22.0 Å². The normalized spacial score (nSPS) is 12.5. The molecule has 0 saturated carbocycles. The summed E-state index contributed by atoms with van der Waals surface area (Å²) >= 11 is 5.88. The second kappa shape index (κ2) is 5.54. The van der Waals surface area contributed by atoms with Crippen LogP contribution in [0.3, 0.4) is 0 Å². The smallest absolute Gasteiger partial charge is 0.0887 e. The van der Waals surface area contributed by atoms with E-state index < -0.39 is 0 Å². The van der Waals surface area contributed by atoms with Gasteiger partial charge >= 0.3 is 0 Å². The van der Waals surface area contributed by atoms with Gasteiger partial charge in [0.25, 0.3) is 0 Å². The Bertz CT molecular complexity index is 722. The molecule has 2 heterocycles. The van der Waals surface area contributed by atoms with Crippen molar-refractivity contribution in [1.29, 1.82) is 0 Å². The van der Waals surface area contributed by atoms with Gasteiger partial charge < -0.3 is 0 Å². The number of fused-ring (bicyclic) bond motifs is 1. The molecule has 3 rings (SSSR count). The molecule has 0 fully saturated rings. The third-order valence-electron chi connectivity index (χ3n) is 3.24. The van der Waals surface area contributed by atoms with Crippen molar-refractivity contribution in [3.05, 3.63) is 71.3 Å². The number of hydrazine groups is 1. The zero-order chi connectivity index (χ0) is 13.9. The first-order chi connectivity index (χ1) is 9.79. The van der Waals surface area contributed by atoms with Crippen LogP contribution in [-0.2, 0) is 0 Å². The maximum atomic E-state index is 5.88. The summed E-state index contributed by atoms with van der Waals surface area (Å²) in [4.78, 5) is 8.48. The van der Waals surface area contributed by atoms with Crippen molar-refractivity contribution in [2.24, 2.45) is 5.84 Å². The Morgan fingerprint density at radius 3 is 2.75 bits per heavy atom. The van der Waals surface area contributed by atoms with Gasteiger partial charge in [0.15, 0.2) is 0 Å². The average molecular weight is 285 g/mol. The molecule has 100 valence electrons. The lowest BCUT2D eigenvalue weighted by Gasteiger charge is -2.18. The lowest BCUT2D eigenvalue weighted by atomic mass is 9.98. The fourth-order valence-corrected chi connectivity index (χ4v) is 2.40. The van der Waals surface area contributed by atoms with Crippen LogP contribution in [0, 0.1) is 0 Å². The van der Waals surface area contributed by atoms with Gasteiger partial charge in [-0.3, -0.25) is 15.8 Å². The van der Waals surface area contributed by atoms with E-state index in [0.29, 0.717) is 5.02 Å². The van der Waals surface area contributed by atoms with Crippen molar-refractivity contribution in [3.8, 4) is 0 Å². The number of nitrogens with zero attached hydrogens (tertiary/aromatic N) is 2. The van der Waals surface area contributed by atoms with E-state index in [1.807, 2.05) is 36.5 Å². The van der Waals surface area contributed by atoms with Crippen molar-refractivity contribution in [1.82, 2.24) is 15.4 Å². The largest absolute Gasteiger partial charge is 0.271 e. The summed E-state index contributed by atoms with van der Waals surface area (Å²) in [6.07, 6.45) is 5.23. The number of halogens is 1. The third-order valence-corrected chi connectivity index (χ3v) is 3.46. The number of rotatable bonds is 3. The maximum absolute atomic E-state index is 5.88. The zero-order valence-corrected chi connectivity index (χ0v) is 11.4. The Morgan fingerprint density at radius 1 is 1.10 bits per heavy atom. The molecule has 0 spiro atoms. The van der Waals surface area contributed by atoms with Crippen LogP contribution in [0.5, 0.6) is 0 Å². The van der Waals surface area contributed by atoms with Gasteiger partial charge in [-0.05, 0) is 29.1 Å². The lowest BCUT2D eigenvalue weighted by molar-refractivity contribution is 0.624. The number of hydrogen-bond donors (Lipinski definition) is 2. The fourth-order valence-electron chi connectivity index (χ4n) is 2.29. The molecule has 0 saturated heterocycles. The summed E-state index contributed by atoms with van der Waals surface area (Å²) in [6, 6.07) is 11.5. The molecule has 3 N–H and O–H groups in total. The highest BCUT2D eigenvalue weighted by Gasteiger charge is 2.16. The third kappa shape index (κ3) is 2.36. The van der Waals surface area contributed by atoms with Crippen molar-refractivity contribution >= 4 is 22.4 Å². The SMILES string of the molecule is NNC(c1ccc(Cl)cn1)c1cccc2cnccc12. The summed E-state index contributed by atoms with van der Waals surface area (Å²) in [5.41, 5.74) is 4.70. The molecule has 20 heavy (non-hydrogen) atoms. The second-order valence-corrected chi connectivity index (χ2v) is 4.88. The van der Waals surface area contributed by atoms with Gasteiger partial charge in [-0.15, -0.1) is 0 Å². The summed E-state index contributed by atoms with van der Waals surface area (Å²) in [7, 11) is 0. The molecule has 1 aromatic carbocycles. The highest BCUT2D eigenvalue weighted by molar-refractivity contribution is 6.30. The van der Waals surface area contributed by atoms with Crippen LogP contribution in [0.15, 0.2) is 55.0 Å². The second-order valence-electron chi connectivity index (χ2n) is 4.45. The van der Waals surface area contributed by atoms with Crippen LogP contribution < -0.4 is 11.3 Å². The Kier molecular flexibility index (Phi) is 3.60. The highest BCUT2D eigenvalue weighted by Crippen LogP contribution is 2.27. The van der Waals surface area contributed by atoms with E-state index in [1.165, 1.54) is 0 Å². The van der Waals surface area contributed by atoms with Gasteiger partial charge in [0.1, 0.15) is 0 Å². The Hall–Kier alpha value is -2.01. The van der Waals surface area contributed by atoms with Crippen molar-refractivity contribution in [3.63, 3.8) is 0 Å². The number of nitrogens with two attached hydrogens (primary N) is 1. The molecule has 0 aliphatic rings. The van der Waals surface area contributed by atoms with E-state index in [9.17, 15) is 0 Å². The molecule has 0 bridgehead atoms. The van der Waals surface area contributed by atoms with Crippen LogP contribution >= 0.6 is 11.6 Å². The zero-order valence-electron chi connectivity index (χ0n) is 10.6. The van der Waals surface area contributed by atoms with Crippen LogP contribution in [-0.4, -0.2) is 9.97 Å². The molecule has 3 aromatic rings. The van der Waals surface area contributed by atoms with Gasteiger partial charge in [0.05, 0.1) is 16.8 Å². The molecular weight excluding hydrogens is 272 g/mol. The number of aromatic nitrogens is 2. The predicted molar refractivity (Wildman–Crippen MR) is 80.2 cm³/mol. The monoisotopic (exact) mass is 284 g/mol. The summed E-state index contributed by atoms with van der Waals surface area (Å²) in [6.45, 7) is 0. The van der Waals surface area contributed by atoms with Gasteiger partial charge in [-0.2, -0.15) is 0 Å². The van der Waals surface area contributed by atoms with Gasteiger partial charge in [0.2, 0.25) is 0 Å². The summed E-state index contributed by atoms with van der Waals surface area (Å²) in [5, 5.41) is 2.77. The van der Waals surface area contributed by atoms with Gasteiger partial charge in [0, 0.05) is 24.0 Å². The molecule has 1 atom stereocenters. The fraction of sp³-hybridized carbons (Fsp3) is 0.0667. The molecule has 0 aliphatic heterocycles. The highest BCUT2D eigenvalue weighted by atomic mass is 35.5. The van der Waals surface area contributed by atoms with Crippen LogP contribution in [0.1, 0.15) is 17.3 Å². The number of hydrogen-bond acceptors (Lipinski definition) is 4. The Balaban J connectivity index is 2.14. The average Bonchev–Trinajstić information content (AvgIpc) is 2.50. The first-order valence-electron chi connectivity index (χ1n) is 6.20. The molecule has 0 aliphatic carbocycles. The first-order valence-corrected chi connectivity index (χ1v) is 6.57. The predicted octanol–water partition coefficient (Wildman–Crippen LogP) is 2.84. The Labute approximate surface area is 121 Å². The summed E-state index contributed by atoms with van der Waals surface area (Å²) in [5.74, 6) is 5.73. The summed E-state index contributed by atoms with van der Waals surface area (Å²) < 4.78 is 0. The molecule has 5 heteroatoms. The lowest BCUT2D eigenvalue weighted by Crippen LogP contribution is -2.29. The Morgan fingerprint density at radius 2 is 2.00 bits per heavy atom. The molecule has 0 radical (unpaired) electrons. The van der Waals surface area contributed by atoms with E-state index in [4.69, 9.17) is 17.4 Å². The van der Waals surface area contributed by atoms with Crippen molar-refractivity contribution < 1.29 is 0 Å². The van der Waals surface area contributed by atoms with E-state index in [1.54, 1.807) is 18.5 Å². The van der Waals surface area contributed by atoms with Crippen molar-refractivity contribution in [2.75, 3.05) is 0 Å². The topological polar surface area (TPSA) is 63.8 Å². The van der Waals surface area contributed by atoms with Crippen LogP contribution in [0.25, 0.3) is 10.8 Å². The first kappa shape index (κ1) is 13.0. The quantitative estimate of drug-likeness (QED) is 0.573. The standard InChI is InChI=1S/C15H13ClN4/c16-11-4-5-14(19-9-11)15(20-17)13-3-1-2-10-8-18-7-6-12(10)13/h1-9,15,20H,17H2. The van der Waals surface area contributed by atoms with E-state index in [-0.39, 0.29) is 6.04 Å². The minimum atomic E-state index is -0.196. The molecule has 0 amide bonds. The molecule has 4 nitrogen and oxygen atoms in total. The van der Waals surface area contributed by atoms with E-state index >= 15 is 0 Å². The molecule has 1 unspecified atom stereocenters.